The van der Waals surface area contributed by atoms with E-state index in [2.05, 4.69) is 46.8 Å². The van der Waals surface area contributed by atoms with Crippen molar-refractivity contribution in [1.29, 1.82) is 0 Å². The maximum atomic E-state index is 9.79. The Morgan fingerprint density at radius 3 is 2.29 bits per heavy atom. The van der Waals surface area contributed by atoms with Gasteiger partial charge in [0.15, 0.2) is 0 Å². The molecule has 21 heavy (non-hydrogen) atoms. The molecule has 0 aliphatic carbocycles. The molecule has 0 bridgehead atoms. The Balaban J connectivity index is 3.36. The Hall–Kier alpha value is -1.06. The van der Waals surface area contributed by atoms with Crippen LogP contribution in [0.25, 0.3) is 0 Å². The number of methoxy groups -OCH3 is 1. The van der Waals surface area contributed by atoms with E-state index in [1.807, 2.05) is 0 Å². The minimum Gasteiger partial charge on any atom is -0.496 e. The highest BCUT2D eigenvalue weighted by molar-refractivity contribution is 5.49. The summed E-state index contributed by atoms with van der Waals surface area (Å²) in [5, 5.41) is 18.9. The lowest BCUT2D eigenvalue weighted by Gasteiger charge is -2.28. The predicted molar refractivity (Wildman–Crippen MR) is 87.2 cm³/mol. The van der Waals surface area contributed by atoms with Crippen LogP contribution in [-0.2, 0) is 5.41 Å². The summed E-state index contributed by atoms with van der Waals surface area (Å²) in [4.78, 5) is 0. The average molecular weight is 294 g/mol. The van der Waals surface area contributed by atoms with E-state index >= 15 is 0 Å². The molecule has 1 aromatic carbocycles. The van der Waals surface area contributed by atoms with E-state index in [4.69, 9.17) is 9.84 Å². The minimum absolute atomic E-state index is 0.000000630. The second-order valence-corrected chi connectivity index (χ2v) is 6.86. The molecule has 0 radical (unpaired) electrons. The van der Waals surface area contributed by atoms with Crippen molar-refractivity contribution in [1.82, 2.24) is 0 Å². The fourth-order valence-corrected chi connectivity index (χ4v) is 2.81. The zero-order valence-electron chi connectivity index (χ0n) is 14.2. The van der Waals surface area contributed by atoms with Gasteiger partial charge in [-0.05, 0) is 36.7 Å². The van der Waals surface area contributed by atoms with Crippen molar-refractivity contribution in [2.75, 3.05) is 13.7 Å². The van der Waals surface area contributed by atoms with Crippen LogP contribution >= 0.6 is 0 Å². The van der Waals surface area contributed by atoms with Crippen LogP contribution in [0.5, 0.6) is 5.75 Å². The number of benzene rings is 1. The fourth-order valence-electron chi connectivity index (χ4n) is 2.81. The molecule has 0 saturated carbocycles. The summed E-state index contributed by atoms with van der Waals surface area (Å²) < 4.78 is 5.71. The average Bonchev–Trinajstić information content (AvgIpc) is 2.42. The van der Waals surface area contributed by atoms with E-state index in [-0.39, 0.29) is 17.9 Å². The molecule has 2 unspecified atom stereocenters. The third-order valence-corrected chi connectivity index (χ3v) is 3.97. The van der Waals surface area contributed by atoms with Crippen LogP contribution in [0.15, 0.2) is 12.1 Å². The van der Waals surface area contributed by atoms with Crippen LogP contribution in [0.2, 0.25) is 0 Å². The quantitative estimate of drug-likeness (QED) is 0.843. The van der Waals surface area contributed by atoms with Gasteiger partial charge in [0, 0.05) is 5.56 Å². The molecular formula is C18H30O3. The first-order valence-corrected chi connectivity index (χ1v) is 7.72. The van der Waals surface area contributed by atoms with Gasteiger partial charge in [0.1, 0.15) is 5.75 Å². The molecule has 120 valence electrons. The Bertz CT molecular complexity index is 460. The SMILES string of the molecule is CCC(CC(O)CO)c1cc(C)cc(C(C)(C)C)c1OC. The number of rotatable bonds is 6. The largest absolute Gasteiger partial charge is 0.496 e. The normalized spacial score (nSPS) is 14.9. The maximum absolute atomic E-state index is 9.79. The summed E-state index contributed by atoms with van der Waals surface area (Å²) in [5.41, 5.74) is 3.53. The Morgan fingerprint density at radius 2 is 1.86 bits per heavy atom. The van der Waals surface area contributed by atoms with Gasteiger partial charge in [-0.25, -0.2) is 0 Å². The van der Waals surface area contributed by atoms with Crippen molar-refractivity contribution in [2.24, 2.45) is 0 Å². The van der Waals surface area contributed by atoms with Gasteiger partial charge in [-0.3, -0.25) is 0 Å². The van der Waals surface area contributed by atoms with Crippen molar-refractivity contribution in [2.45, 2.75) is 64.9 Å². The molecule has 0 aliphatic rings. The number of hydrogen-bond donors (Lipinski definition) is 2. The van der Waals surface area contributed by atoms with E-state index in [0.29, 0.717) is 6.42 Å². The van der Waals surface area contributed by atoms with Gasteiger partial charge in [-0.1, -0.05) is 45.4 Å². The lowest BCUT2D eigenvalue weighted by Crippen LogP contribution is -2.19. The maximum Gasteiger partial charge on any atom is 0.126 e. The van der Waals surface area contributed by atoms with E-state index in [1.165, 1.54) is 11.1 Å². The molecule has 0 amide bonds. The smallest absolute Gasteiger partial charge is 0.126 e. The van der Waals surface area contributed by atoms with Crippen LogP contribution in [0.4, 0.5) is 0 Å². The summed E-state index contributed by atoms with van der Waals surface area (Å²) in [6.45, 7) is 10.5. The second-order valence-electron chi connectivity index (χ2n) is 6.86. The molecule has 0 aliphatic heterocycles. The summed E-state index contributed by atoms with van der Waals surface area (Å²) in [6, 6.07) is 4.32. The van der Waals surface area contributed by atoms with Crippen molar-refractivity contribution in [3.8, 4) is 5.75 Å². The molecule has 0 saturated heterocycles. The molecule has 3 heteroatoms. The van der Waals surface area contributed by atoms with Crippen molar-refractivity contribution < 1.29 is 14.9 Å². The molecule has 1 rings (SSSR count). The van der Waals surface area contributed by atoms with Gasteiger partial charge in [-0.15, -0.1) is 0 Å². The standard InChI is InChI=1S/C18H30O3/c1-7-13(10-14(20)11-19)15-8-12(2)9-16(17(15)21-6)18(3,4)5/h8-9,13-14,19-20H,7,10-11H2,1-6H3. The topological polar surface area (TPSA) is 49.7 Å². The first-order valence-electron chi connectivity index (χ1n) is 7.72. The van der Waals surface area contributed by atoms with Gasteiger partial charge < -0.3 is 14.9 Å². The highest BCUT2D eigenvalue weighted by Gasteiger charge is 2.25. The molecular weight excluding hydrogens is 264 g/mol. The molecule has 0 aromatic heterocycles. The first kappa shape index (κ1) is 18.0. The molecule has 0 heterocycles. The highest BCUT2D eigenvalue weighted by atomic mass is 16.5. The third kappa shape index (κ3) is 4.45. The number of aryl methyl sites for hydroxylation is 1. The van der Waals surface area contributed by atoms with Crippen LogP contribution in [0.1, 0.15) is 63.1 Å². The van der Waals surface area contributed by atoms with Crippen LogP contribution in [0, 0.1) is 6.92 Å². The van der Waals surface area contributed by atoms with Crippen LogP contribution in [0.3, 0.4) is 0 Å². The minimum atomic E-state index is -0.682. The Morgan fingerprint density at radius 1 is 1.24 bits per heavy atom. The Kier molecular flexibility index (Phi) is 6.24. The van der Waals surface area contributed by atoms with Gasteiger partial charge in [0.05, 0.1) is 19.8 Å². The number of ether oxygens (including phenoxy) is 1. The number of hydrogen-bond acceptors (Lipinski definition) is 3. The van der Waals surface area contributed by atoms with Gasteiger partial charge in [-0.2, -0.15) is 0 Å². The van der Waals surface area contributed by atoms with E-state index in [1.54, 1.807) is 7.11 Å². The molecule has 3 nitrogen and oxygen atoms in total. The summed E-state index contributed by atoms with van der Waals surface area (Å²) in [6.07, 6.45) is 0.773. The monoisotopic (exact) mass is 294 g/mol. The van der Waals surface area contributed by atoms with E-state index in [9.17, 15) is 5.11 Å². The summed E-state index contributed by atoms with van der Waals surface area (Å²) in [5.74, 6) is 1.10. The molecule has 0 fully saturated rings. The first-order chi connectivity index (χ1) is 9.74. The van der Waals surface area contributed by atoms with Crippen LogP contribution in [-0.4, -0.2) is 30.0 Å². The Labute approximate surface area is 129 Å². The highest BCUT2D eigenvalue weighted by Crippen LogP contribution is 2.40. The fraction of sp³-hybridized carbons (Fsp3) is 0.667. The summed E-state index contributed by atoms with van der Waals surface area (Å²) in [7, 11) is 1.71. The molecule has 1 aromatic rings. The molecule has 2 N–H and O–H groups in total. The third-order valence-electron chi connectivity index (χ3n) is 3.97. The van der Waals surface area contributed by atoms with Crippen molar-refractivity contribution in [3.63, 3.8) is 0 Å². The van der Waals surface area contributed by atoms with E-state index < -0.39 is 6.10 Å². The summed E-state index contributed by atoms with van der Waals surface area (Å²) >= 11 is 0. The van der Waals surface area contributed by atoms with E-state index in [0.717, 1.165) is 17.7 Å². The number of aliphatic hydroxyl groups excluding tert-OH is 2. The second kappa shape index (κ2) is 7.28. The van der Waals surface area contributed by atoms with Crippen LogP contribution < -0.4 is 4.74 Å². The lowest BCUT2D eigenvalue weighted by atomic mass is 9.80. The van der Waals surface area contributed by atoms with Crippen molar-refractivity contribution >= 4 is 0 Å². The van der Waals surface area contributed by atoms with Gasteiger partial charge >= 0.3 is 0 Å². The van der Waals surface area contributed by atoms with Crippen molar-refractivity contribution in [3.05, 3.63) is 28.8 Å². The predicted octanol–water partition coefficient (Wildman–Crippen LogP) is 3.54. The zero-order chi connectivity index (χ0) is 16.2. The lowest BCUT2D eigenvalue weighted by molar-refractivity contribution is 0.0815. The van der Waals surface area contributed by atoms with Gasteiger partial charge in [0.25, 0.3) is 0 Å². The van der Waals surface area contributed by atoms with Gasteiger partial charge in [0.2, 0.25) is 0 Å². The molecule has 2 atom stereocenters. The zero-order valence-corrected chi connectivity index (χ0v) is 14.2. The molecule has 0 spiro atoms. The number of aliphatic hydroxyl groups is 2.